The Balaban J connectivity index is 1.28. The fourth-order valence-electron chi connectivity index (χ4n) is 5.37. The van der Waals surface area contributed by atoms with E-state index in [4.69, 9.17) is 0 Å². The normalized spacial score (nSPS) is 21.4. The third kappa shape index (κ3) is 3.99. The van der Waals surface area contributed by atoms with Crippen molar-refractivity contribution >= 4 is 11.8 Å². The van der Waals surface area contributed by atoms with Gasteiger partial charge in [0, 0.05) is 49.9 Å². The van der Waals surface area contributed by atoms with Gasteiger partial charge in [-0.15, -0.1) is 0 Å². The Morgan fingerprint density at radius 3 is 2.61 bits per heavy atom. The molecule has 2 saturated heterocycles. The lowest BCUT2D eigenvalue weighted by molar-refractivity contribution is 0.0372. The smallest absolute Gasteiger partial charge is 0.254 e. The molecular formula is C26H31N3O2. The molecule has 31 heavy (non-hydrogen) atoms. The summed E-state index contributed by atoms with van der Waals surface area (Å²) in [5.41, 5.74) is 4.94. The molecule has 1 unspecified atom stereocenters. The molecule has 0 aliphatic carbocycles. The largest absolute Gasteiger partial charge is 0.336 e. The van der Waals surface area contributed by atoms with Crippen LogP contribution in [-0.2, 0) is 13.0 Å². The van der Waals surface area contributed by atoms with E-state index in [0.29, 0.717) is 19.1 Å². The van der Waals surface area contributed by atoms with E-state index in [1.807, 2.05) is 47.1 Å². The van der Waals surface area contributed by atoms with Gasteiger partial charge < -0.3 is 9.80 Å². The van der Waals surface area contributed by atoms with Gasteiger partial charge in [-0.3, -0.25) is 14.5 Å². The van der Waals surface area contributed by atoms with Crippen LogP contribution in [0, 0.1) is 6.92 Å². The second kappa shape index (κ2) is 8.46. The lowest BCUT2D eigenvalue weighted by Crippen LogP contribution is -2.56. The first-order chi connectivity index (χ1) is 15.1. The SMILES string of the molecule is Cc1ccccc1C(=O)N1CCc2cc(C(=O)N3CCN4CCCCC4C3)ccc2C1. The monoisotopic (exact) mass is 417 g/mol. The first-order valence-electron chi connectivity index (χ1n) is 11.6. The molecule has 0 bridgehead atoms. The number of rotatable bonds is 2. The Bertz CT molecular complexity index is 1000. The Kier molecular flexibility index (Phi) is 5.53. The van der Waals surface area contributed by atoms with Gasteiger partial charge in [-0.05, 0) is 67.6 Å². The quantitative estimate of drug-likeness (QED) is 0.751. The number of piperidine rings is 1. The van der Waals surface area contributed by atoms with Crippen molar-refractivity contribution in [2.24, 2.45) is 0 Å². The van der Waals surface area contributed by atoms with Crippen LogP contribution in [0.5, 0.6) is 0 Å². The average molecular weight is 418 g/mol. The summed E-state index contributed by atoms with van der Waals surface area (Å²) in [5.74, 6) is 0.251. The number of carbonyl (C=O) groups excluding carboxylic acids is 2. The van der Waals surface area contributed by atoms with Gasteiger partial charge in [0.05, 0.1) is 0 Å². The number of nitrogens with zero attached hydrogens (tertiary/aromatic N) is 3. The summed E-state index contributed by atoms with van der Waals surface area (Å²) in [7, 11) is 0. The number of piperazine rings is 1. The van der Waals surface area contributed by atoms with Crippen molar-refractivity contribution in [1.82, 2.24) is 14.7 Å². The van der Waals surface area contributed by atoms with E-state index in [1.165, 1.54) is 31.4 Å². The second-order valence-electron chi connectivity index (χ2n) is 9.21. The Morgan fingerprint density at radius 1 is 0.871 bits per heavy atom. The molecule has 0 saturated carbocycles. The third-order valence-electron chi connectivity index (χ3n) is 7.25. The molecule has 5 nitrogen and oxygen atoms in total. The van der Waals surface area contributed by atoms with Crippen molar-refractivity contribution in [3.8, 4) is 0 Å². The zero-order chi connectivity index (χ0) is 21.4. The molecule has 2 aromatic rings. The van der Waals surface area contributed by atoms with E-state index in [0.717, 1.165) is 48.3 Å². The van der Waals surface area contributed by atoms with Crippen molar-refractivity contribution in [3.63, 3.8) is 0 Å². The lowest BCUT2D eigenvalue weighted by atomic mass is 9.95. The van der Waals surface area contributed by atoms with Gasteiger partial charge in [0.25, 0.3) is 11.8 Å². The van der Waals surface area contributed by atoms with Crippen LogP contribution in [0.1, 0.15) is 56.7 Å². The minimum Gasteiger partial charge on any atom is -0.336 e. The molecule has 1 atom stereocenters. The predicted octanol–water partition coefficient (Wildman–Crippen LogP) is 3.50. The zero-order valence-electron chi connectivity index (χ0n) is 18.3. The lowest BCUT2D eigenvalue weighted by Gasteiger charge is -2.44. The Hall–Kier alpha value is -2.66. The van der Waals surface area contributed by atoms with Gasteiger partial charge in [-0.2, -0.15) is 0 Å². The molecule has 3 heterocycles. The zero-order valence-corrected chi connectivity index (χ0v) is 18.3. The highest BCUT2D eigenvalue weighted by Crippen LogP contribution is 2.25. The summed E-state index contributed by atoms with van der Waals surface area (Å²) in [6.45, 7) is 7.15. The van der Waals surface area contributed by atoms with E-state index < -0.39 is 0 Å². The van der Waals surface area contributed by atoms with Crippen LogP contribution >= 0.6 is 0 Å². The molecule has 3 aliphatic rings. The third-order valence-corrected chi connectivity index (χ3v) is 7.25. The van der Waals surface area contributed by atoms with Crippen LogP contribution in [-0.4, -0.2) is 65.3 Å². The highest BCUT2D eigenvalue weighted by Gasteiger charge is 2.32. The van der Waals surface area contributed by atoms with Gasteiger partial charge in [0.2, 0.25) is 0 Å². The van der Waals surface area contributed by atoms with E-state index in [-0.39, 0.29) is 11.8 Å². The molecule has 5 heteroatoms. The molecule has 0 N–H and O–H groups in total. The maximum atomic E-state index is 13.2. The molecule has 0 radical (unpaired) electrons. The number of hydrogen-bond donors (Lipinski definition) is 0. The van der Waals surface area contributed by atoms with Crippen LogP contribution in [0.15, 0.2) is 42.5 Å². The van der Waals surface area contributed by atoms with E-state index >= 15 is 0 Å². The minimum absolute atomic E-state index is 0.0919. The number of hydrogen-bond acceptors (Lipinski definition) is 3. The van der Waals surface area contributed by atoms with Crippen molar-refractivity contribution in [3.05, 3.63) is 70.3 Å². The summed E-state index contributed by atoms with van der Waals surface area (Å²) in [4.78, 5) is 32.7. The first kappa shape index (κ1) is 20.3. The minimum atomic E-state index is 0.0919. The number of carbonyl (C=O) groups is 2. The summed E-state index contributed by atoms with van der Waals surface area (Å²) < 4.78 is 0. The summed E-state index contributed by atoms with van der Waals surface area (Å²) in [6, 6.07) is 14.4. The fourth-order valence-corrected chi connectivity index (χ4v) is 5.37. The number of amides is 2. The molecule has 0 aromatic heterocycles. The van der Waals surface area contributed by atoms with Crippen LogP contribution < -0.4 is 0 Å². The van der Waals surface area contributed by atoms with Gasteiger partial charge >= 0.3 is 0 Å². The summed E-state index contributed by atoms with van der Waals surface area (Å²) in [6.07, 6.45) is 4.57. The predicted molar refractivity (Wildman–Crippen MR) is 121 cm³/mol. The van der Waals surface area contributed by atoms with Crippen molar-refractivity contribution in [2.75, 3.05) is 32.7 Å². The molecular weight excluding hydrogens is 386 g/mol. The highest BCUT2D eigenvalue weighted by molar-refractivity contribution is 5.96. The molecule has 2 aromatic carbocycles. The van der Waals surface area contributed by atoms with Gasteiger partial charge in [-0.1, -0.05) is 30.7 Å². The first-order valence-corrected chi connectivity index (χ1v) is 11.6. The van der Waals surface area contributed by atoms with Crippen molar-refractivity contribution < 1.29 is 9.59 Å². The van der Waals surface area contributed by atoms with Gasteiger partial charge in [0.15, 0.2) is 0 Å². The van der Waals surface area contributed by atoms with E-state index in [2.05, 4.69) is 17.0 Å². The van der Waals surface area contributed by atoms with Gasteiger partial charge in [-0.25, -0.2) is 0 Å². The maximum absolute atomic E-state index is 13.2. The Labute approximate surface area is 184 Å². The fraction of sp³-hybridized carbons (Fsp3) is 0.462. The van der Waals surface area contributed by atoms with Crippen LogP contribution in [0.2, 0.25) is 0 Å². The van der Waals surface area contributed by atoms with E-state index in [1.54, 1.807) is 0 Å². The molecule has 5 rings (SSSR count). The second-order valence-corrected chi connectivity index (χ2v) is 9.21. The standard InChI is InChI=1S/C26H31N3O2/c1-19-6-2-3-8-24(19)26(31)28-13-11-20-16-21(9-10-22(20)17-28)25(30)29-15-14-27-12-5-4-7-23(27)18-29/h2-3,6,8-10,16,23H,4-5,7,11-15,17-18H2,1H3. The average Bonchev–Trinajstić information content (AvgIpc) is 2.82. The van der Waals surface area contributed by atoms with Crippen LogP contribution in [0.25, 0.3) is 0 Å². The summed E-state index contributed by atoms with van der Waals surface area (Å²) >= 11 is 0. The van der Waals surface area contributed by atoms with Crippen LogP contribution in [0.4, 0.5) is 0 Å². The van der Waals surface area contributed by atoms with Crippen LogP contribution in [0.3, 0.4) is 0 Å². The highest BCUT2D eigenvalue weighted by atomic mass is 16.2. The van der Waals surface area contributed by atoms with Gasteiger partial charge in [0.1, 0.15) is 0 Å². The number of fused-ring (bicyclic) bond motifs is 2. The van der Waals surface area contributed by atoms with Crippen molar-refractivity contribution in [2.45, 2.75) is 45.2 Å². The molecule has 162 valence electrons. The maximum Gasteiger partial charge on any atom is 0.254 e. The molecule has 2 amide bonds. The van der Waals surface area contributed by atoms with E-state index in [9.17, 15) is 9.59 Å². The van der Waals surface area contributed by atoms with Crippen molar-refractivity contribution in [1.29, 1.82) is 0 Å². The number of benzene rings is 2. The number of aryl methyl sites for hydroxylation is 1. The molecule has 2 fully saturated rings. The molecule has 0 spiro atoms. The summed E-state index contributed by atoms with van der Waals surface area (Å²) in [5, 5.41) is 0. The Morgan fingerprint density at radius 2 is 1.74 bits per heavy atom. The topological polar surface area (TPSA) is 43.9 Å². The molecule has 3 aliphatic heterocycles.